The third-order valence-electron chi connectivity index (χ3n) is 13.5. The van der Waals surface area contributed by atoms with E-state index in [9.17, 15) is 20.4 Å². The molecule has 0 fully saturated rings. The van der Waals surface area contributed by atoms with Crippen molar-refractivity contribution in [1.29, 1.82) is 0 Å². The first-order valence-electron chi connectivity index (χ1n) is 26.3. The number of rotatable bonds is 10. The average molecular weight is 1030 g/mol. The van der Waals surface area contributed by atoms with Crippen LogP contribution in [-0.4, -0.2) is 69.0 Å². The van der Waals surface area contributed by atoms with Gasteiger partial charge in [-0.3, -0.25) is 9.59 Å². The van der Waals surface area contributed by atoms with E-state index in [2.05, 4.69) is 0 Å². The average Bonchev–Trinajstić information content (AvgIpc) is 3.21. The minimum atomic E-state index is -0.985. The number of phenols is 4. The standard InChI is InChI=1S/C62H90O8.C2H6O2/c1-55(2,3)39-27-35(28-40(49(39)63)56(4,5)6)47(36-29-41(57(7,8)9)50(64)42(30-36)58(10,11)12)53(67)69-25-26-70-54(68)48(37-31-43(59(13,14)15)51(65)44(32-37)60(16,17)18)38-33-45(61(19,20)21)52(66)46(34-38)62(22,23)24;3-1-2-4/h27-34,47-48,63-66H,25-26H2,1-24H3;3-4H,1-2H2. The Bertz CT molecular complexity index is 2140. The highest BCUT2D eigenvalue weighted by atomic mass is 16.6. The smallest absolute Gasteiger partial charge is 0.318 e. The molecule has 4 rings (SSSR count). The molecule has 4 aromatic carbocycles. The lowest BCUT2D eigenvalue weighted by atomic mass is 9.74. The summed E-state index contributed by atoms with van der Waals surface area (Å²) in [6.07, 6.45) is 0. The van der Waals surface area contributed by atoms with Gasteiger partial charge in [-0.15, -0.1) is 0 Å². The molecular weight excluding hydrogens is 929 g/mol. The van der Waals surface area contributed by atoms with Crippen LogP contribution in [0.15, 0.2) is 48.5 Å². The van der Waals surface area contributed by atoms with Crippen LogP contribution in [0.1, 0.15) is 245 Å². The molecule has 4 aromatic rings. The molecule has 6 N–H and O–H groups in total. The lowest BCUT2D eigenvalue weighted by Crippen LogP contribution is -2.26. The van der Waals surface area contributed by atoms with Gasteiger partial charge in [0, 0.05) is 0 Å². The van der Waals surface area contributed by atoms with E-state index in [1.807, 2.05) is 215 Å². The van der Waals surface area contributed by atoms with Crippen LogP contribution in [0.5, 0.6) is 23.0 Å². The molecule has 0 aromatic heterocycles. The van der Waals surface area contributed by atoms with Gasteiger partial charge >= 0.3 is 11.9 Å². The van der Waals surface area contributed by atoms with Gasteiger partial charge in [0.05, 0.1) is 13.2 Å². The number of phenolic OH excluding ortho intramolecular Hbond substituents is 4. The van der Waals surface area contributed by atoms with Gasteiger partial charge in [0.15, 0.2) is 0 Å². The number of aliphatic hydroxyl groups excluding tert-OH is 2. The van der Waals surface area contributed by atoms with Crippen molar-refractivity contribution in [3.05, 3.63) is 115 Å². The Morgan fingerprint density at radius 2 is 0.459 bits per heavy atom. The Labute approximate surface area is 446 Å². The molecule has 0 spiro atoms. The third kappa shape index (κ3) is 15.1. The molecule has 10 nitrogen and oxygen atoms in total. The normalized spacial score (nSPS) is 13.2. The monoisotopic (exact) mass is 1020 g/mol. The maximum Gasteiger partial charge on any atom is 0.318 e. The Balaban J connectivity index is 0.00000348. The topological polar surface area (TPSA) is 174 Å². The lowest BCUT2D eigenvalue weighted by molar-refractivity contribution is -0.153. The second kappa shape index (κ2) is 22.3. The van der Waals surface area contributed by atoms with Crippen molar-refractivity contribution in [2.45, 2.75) is 221 Å². The summed E-state index contributed by atoms with van der Waals surface area (Å²) < 4.78 is 12.4. The van der Waals surface area contributed by atoms with Crippen LogP contribution >= 0.6 is 0 Å². The summed E-state index contributed by atoms with van der Waals surface area (Å²) in [6.45, 7) is 47.9. The molecule has 0 radical (unpaired) electrons. The van der Waals surface area contributed by atoms with Crippen LogP contribution in [0, 0.1) is 0 Å². The Hall–Kier alpha value is -5.06. The molecule has 10 heteroatoms. The van der Waals surface area contributed by atoms with Crippen molar-refractivity contribution in [3.8, 4) is 23.0 Å². The number of hydrogen-bond donors (Lipinski definition) is 6. The van der Waals surface area contributed by atoms with Crippen molar-refractivity contribution < 1.29 is 49.7 Å². The van der Waals surface area contributed by atoms with Crippen LogP contribution < -0.4 is 0 Å². The van der Waals surface area contributed by atoms with Crippen LogP contribution in [0.3, 0.4) is 0 Å². The number of carbonyl (C=O) groups is 2. The van der Waals surface area contributed by atoms with E-state index in [0.29, 0.717) is 66.8 Å². The van der Waals surface area contributed by atoms with Gasteiger partial charge in [0.2, 0.25) is 0 Å². The summed E-state index contributed by atoms with van der Waals surface area (Å²) in [6, 6.07) is 15.2. The summed E-state index contributed by atoms with van der Waals surface area (Å²) in [5.41, 5.74) is 4.16. The number of benzene rings is 4. The highest BCUT2D eigenvalue weighted by Crippen LogP contribution is 2.48. The number of ether oxygens (including phenoxy) is 2. The number of aromatic hydroxyl groups is 4. The highest BCUT2D eigenvalue weighted by molar-refractivity contribution is 5.84. The number of carbonyl (C=O) groups excluding carboxylic acids is 2. The summed E-state index contributed by atoms with van der Waals surface area (Å²) in [5.74, 6) is -2.38. The van der Waals surface area contributed by atoms with Gasteiger partial charge in [0.25, 0.3) is 0 Å². The van der Waals surface area contributed by atoms with Crippen LogP contribution in [0.2, 0.25) is 0 Å². The highest BCUT2D eigenvalue weighted by Gasteiger charge is 2.38. The van der Waals surface area contributed by atoms with Crippen molar-refractivity contribution in [3.63, 3.8) is 0 Å². The molecule has 0 aliphatic heterocycles. The fourth-order valence-electron chi connectivity index (χ4n) is 9.25. The predicted octanol–water partition coefficient (Wildman–Crippen LogP) is 13.9. The van der Waals surface area contributed by atoms with Gasteiger partial charge in [0.1, 0.15) is 48.0 Å². The largest absolute Gasteiger partial charge is 0.507 e. The summed E-state index contributed by atoms with van der Waals surface area (Å²) in [7, 11) is 0. The maximum atomic E-state index is 15.0. The molecule has 0 atom stereocenters. The van der Waals surface area contributed by atoms with E-state index < -0.39 is 67.1 Å². The molecular formula is C64H96O10. The fraction of sp³-hybridized carbons (Fsp3) is 0.594. The molecule has 74 heavy (non-hydrogen) atoms. The van der Waals surface area contributed by atoms with Crippen molar-refractivity contribution >= 4 is 11.9 Å². The number of aliphatic hydroxyl groups is 2. The van der Waals surface area contributed by atoms with E-state index >= 15 is 9.59 Å². The van der Waals surface area contributed by atoms with Crippen molar-refractivity contribution in [2.75, 3.05) is 26.4 Å². The second-order valence-electron chi connectivity index (χ2n) is 28.5. The van der Waals surface area contributed by atoms with Crippen molar-refractivity contribution in [1.82, 2.24) is 0 Å². The SMILES string of the molecule is CC(C)(C)c1cc(C(C(=O)OCCOC(=O)C(c2cc(C(C)(C)C)c(O)c(C(C)(C)C)c2)c2cc(C(C)(C)C)c(O)c(C(C)(C)C)c2)c2cc(C(C)(C)C)c(O)c(C(C)(C)C)c2)cc(C(C)(C)C)c1O.OCCO. The van der Waals surface area contributed by atoms with Gasteiger partial charge in [-0.1, -0.05) is 215 Å². The van der Waals surface area contributed by atoms with E-state index in [4.69, 9.17) is 19.7 Å². The van der Waals surface area contributed by atoms with E-state index in [1.54, 1.807) is 0 Å². The molecule has 0 saturated heterocycles. The maximum absolute atomic E-state index is 15.0. The zero-order valence-electron chi connectivity index (χ0n) is 49.9. The second-order valence-corrected chi connectivity index (χ2v) is 28.5. The first-order valence-corrected chi connectivity index (χ1v) is 26.3. The molecule has 0 aliphatic rings. The number of esters is 2. The van der Waals surface area contributed by atoms with Gasteiger partial charge in [-0.05, 0) is 110 Å². The molecule has 0 aliphatic carbocycles. The van der Waals surface area contributed by atoms with Crippen LogP contribution in [-0.2, 0) is 62.4 Å². The fourth-order valence-corrected chi connectivity index (χ4v) is 9.25. The minimum absolute atomic E-state index is 0.125. The molecule has 0 bridgehead atoms. The number of hydrogen-bond acceptors (Lipinski definition) is 10. The molecule has 0 heterocycles. The zero-order chi connectivity index (χ0) is 57.4. The summed E-state index contributed by atoms with van der Waals surface area (Å²) in [4.78, 5) is 30.1. The van der Waals surface area contributed by atoms with E-state index in [1.165, 1.54) is 0 Å². The Kier molecular flexibility index (Phi) is 19.0. The van der Waals surface area contributed by atoms with E-state index in [-0.39, 0.29) is 49.4 Å². The van der Waals surface area contributed by atoms with Gasteiger partial charge in [-0.2, -0.15) is 0 Å². The van der Waals surface area contributed by atoms with Gasteiger partial charge < -0.3 is 40.1 Å². The summed E-state index contributed by atoms with van der Waals surface area (Å²) in [5, 5.41) is 62.3. The van der Waals surface area contributed by atoms with Crippen molar-refractivity contribution in [2.24, 2.45) is 0 Å². The molecule has 412 valence electrons. The Morgan fingerprint density at radius 3 is 0.568 bits per heavy atom. The minimum Gasteiger partial charge on any atom is -0.507 e. The Morgan fingerprint density at radius 1 is 0.324 bits per heavy atom. The van der Waals surface area contributed by atoms with Gasteiger partial charge in [-0.25, -0.2) is 0 Å². The first kappa shape index (κ1) is 63.2. The van der Waals surface area contributed by atoms with Crippen LogP contribution in [0.4, 0.5) is 0 Å². The summed E-state index contributed by atoms with van der Waals surface area (Å²) >= 11 is 0. The van der Waals surface area contributed by atoms with Crippen LogP contribution in [0.25, 0.3) is 0 Å². The lowest BCUT2D eigenvalue weighted by Gasteiger charge is -2.32. The zero-order valence-corrected chi connectivity index (χ0v) is 49.9. The third-order valence-corrected chi connectivity index (χ3v) is 13.5. The van der Waals surface area contributed by atoms with E-state index in [0.717, 1.165) is 0 Å². The molecule has 0 saturated carbocycles. The predicted molar refractivity (Wildman–Crippen MR) is 302 cm³/mol. The quantitative estimate of drug-likeness (QED) is 0.0663. The first-order chi connectivity index (χ1) is 33.2. The molecule has 0 amide bonds. The molecule has 0 unspecified atom stereocenters.